The van der Waals surface area contributed by atoms with Gasteiger partial charge in [-0.25, -0.2) is 19.2 Å². The molecule has 0 amide bonds. The zero-order chi connectivity index (χ0) is 19.9. The van der Waals surface area contributed by atoms with Crippen molar-refractivity contribution >= 4 is 39.5 Å². The van der Waals surface area contributed by atoms with Crippen molar-refractivity contribution in [3.05, 3.63) is 52.8 Å². The Balaban J connectivity index is 1.79. The van der Waals surface area contributed by atoms with Crippen molar-refractivity contribution in [2.24, 2.45) is 4.99 Å². The molecule has 3 aromatic rings. The number of nitrogens with zero attached hydrogens (tertiary/aromatic N) is 2. The molecule has 9 heteroatoms. The number of esters is 1. The highest BCUT2D eigenvalue weighted by molar-refractivity contribution is 7.21. The monoisotopic (exact) mass is 403 g/mol. The number of rotatable bonds is 8. The van der Waals surface area contributed by atoms with Crippen LogP contribution in [-0.2, 0) is 16.2 Å². The van der Waals surface area contributed by atoms with Gasteiger partial charge in [0.15, 0.2) is 0 Å². The average Bonchev–Trinajstić information content (AvgIpc) is 3.08. The Labute approximate surface area is 164 Å². The van der Waals surface area contributed by atoms with E-state index >= 15 is 0 Å². The van der Waals surface area contributed by atoms with Crippen molar-refractivity contribution in [3.63, 3.8) is 0 Å². The summed E-state index contributed by atoms with van der Waals surface area (Å²) in [6.07, 6.45) is 2.92. The van der Waals surface area contributed by atoms with Gasteiger partial charge in [0.25, 0.3) is 0 Å². The number of nitrogens with one attached hydrogen (secondary N) is 1. The number of pyridine rings is 1. The summed E-state index contributed by atoms with van der Waals surface area (Å²) in [5.74, 6) is -0.236. The van der Waals surface area contributed by atoms with Crippen LogP contribution in [0, 0.1) is 5.82 Å². The van der Waals surface area contributed by atoms with Crippen LogP contribution < -0.4 is 10.2 Å². The summed E-state index contributed by atoms with van der Waals surface area (Å²) in [6, 6.07) is 7.65. The van der Waals surface area contributed by atoms with Crippen LogP contribution in [0.4, 0.5) is 10.1 Å². The number of aromatic nitrogens is 1. The summed E-state index contributed by atoms with van der Waals surface area (Å²) >= 11 is 1.18. The number of halogens is 1. The lowest BCUT2D eigenvalue weighted by atomic mass is 10.2. The fraction of sp³-hybridized carbons (Fsp3) is 0.211. The number of carbonyl (C=O) groups excluding carboxylic acids is 1. The van der Waals surface area contributed by atoms with E-state index in [1.54, 1.807) is 31.3 Å². The zero-order valence-electron chi connectivity index (χ0n) is 15.3. The van der Waals surface area contributed by atoms with Crippen molar-refractivity contribution in [1.82, 2.24) is 10.5 Å². The lowest BCUT2D eigenvalue weighted by Crippen LogP contribution is -2.11. The summed E-state index contributed by atoms with van der Waals surface area (Å²) < 4.78 is 23.4. The molecule has 1 aromatic carbocycles. The van der Waals surface area contributed by atoms with Crippen LogP contribution in [0.2, 0.25) is 0 Å². The molecule has 2 heterocycles. The van der Waals surface area contributed by atoms with E-state index in [4.69, 9.17) is 14.3 Å². The third-order valence-electron chi connectivity index (χ3n) is 3.69. The Morgan fingerprint density at radius 2 is 2.11 bits per heavy atom. The standard InChI is InChI=1S/C19H18FN3O4S/c1-3-26-19(24)17-16(15-14(25-2)8-9-21-18(15)28-17)22-11-23-27-10-12-4-6-13(20)7-5-12/h4-9,11H,3,10H2,1-2H3,(H,22,23). The molecule has 2 aromatic heterocycles. The quantitative estimate of drug-likeness (QED) is 0.201. The fourth-order valence-electron chi connectivity index (χ4n) is 2.44. The Hall–Kier alpha value is -3.04. The SMILES string of the molecule is CCOC(=O)c1sc2nccc(OC)c2c1N=CNOCc1ccc(F)cc1. The highest BCUT2D eigenvalue weighted by Crippen LogP contribution is 2.42. The first kappa shape index (κ1) is 19.7. The number of fused-ring (bicyclic) bond motifs is 1. The van der Waals surface area contributed by atoms with Crippen LogP contribution in [-0.4, -0.2) is 31.0 Å². The van der Waals surface area contributed by atoms with Crippen molar-refractivity contribution in [2.45, 2.75) is 13.5 Å². The van der Waals surface area contributed by atoms with Gasteiger partial charge in [0.1, 0.15) is 33.3 Å². The highest BCUT2D eigenvalue weighted by atomic mass is 32.1. The van der Waals surface area contributed by atoms with E-state index in [1.165, 1.54) is 36.9 Å². The van der Waals surface area contributed by atoms with E-state index in [-0.39, 0.29) is 19.0 Å². The molecular formula is C19H18FN3O4S. The lowest BCUT2D eigenvalue weighted by molar-refractivity contribution is 0.0533. The third-order valence-corrected chi connectivity index (χ3v) is 4.76. The van der Waals surface area contributed by atoms with Crippen LogP contribution in [0.25, 0.3) is 10.2 Å². The highest BCUT2D eigenvalue weighted by Gasteiger charge is 2.22. The molecule has 0 fully saturated rings. The smallest absolute Gasteiger partial charge is 0.350 e. The second-order valence-corrected chi connectivity index (χ2v) is 6.48. The van der Waals surface area contributed by atoms with Crippen molar-refractivity contribution in [2.75, 3.05) is 13.7 Å². The first-order chi connectivity index (χ1) is 13.6. The number of benzene rings is 1. The third kappa shape index (κ3) is 4.44. The molecule has 0 aliphatic carbocycles. The summed E-state index contributed by atoms with van der Waals surface area (Å²) in [7, 11) is 1.54. The summed E-state index contributed by atoms with van der Waals surface area (Å²) in [4.78, 5) is 27.1. The molecule has 0 aliphatic rings. The lowest BCUT2D eigenvalue weighted by Gasteiger charge is -2.04. The molecule has 28 heavy (non-hydrogen) atoms. The van der Waals surface area contributed by atoms with E-state index in [0.29, 0.717) is 26.5 Å². The molecule has 3 rings (SSSR count). The van der Waals surface area contributed by atoms with E-state index in [0.717, 1.165) is 5.56 Å². The summed E-state index contributed by atoms with van der Waals surface area (Å²) in [6.45, 7) is 2.20. The molecule has 0 radical (unpaired) electrons. The Bertz CT molecular complexity index is 989. The van der Waals surface area contributed by atoms with Crippen LogP contribution in [0.3, 0.4) is 0 Å². The van der Waals surface area contributed by atoms with E-state index in [2.05, 4.69) is 15.5 Å². The number of methoxy groups -OCH3 is 1. The molecule has 146 valence electrons. The molecule has 0 saturated heterocycles. The maximum atomic E-state index is 12.9. The zero-order valence-corrected chi connectivity index (χ0v) is 16.1. The number of hydrogen-bond acceptors (Lipinski definition) is 7. The molecule has 0 bridgehead atoms. The molecular weight excluding hydrogens is 385 g/mol. The molecule has 0 spiro atoms. The minimum atomic E-state index is -0.480. The van der Waals surface area contributed by atoms with Gasteiger partial charge in [0.2, 0.25) is 0 Å². The van der Waals surface area contributed by atoms with Gasteiger partial charge in [0.05, 0.1) is 25.7 Å². The number of thiophene rings is 1. The Morgan fingerprint density at radius 3 is 2.82 bits per heavy atom. The number of carbonyl (C=O) groups is 1. The number of aliphatic imine (C=N–C) groups is 1. The van der Waals surface area contributed by atoms with Crippen LogP contribution in [0.15, 0.2) is 41.5 Å². The second-order valence-electron chi connectivity index (χ2n) is 5.48. The Kier molecular flexibility index (Phi) is 6.51. The topological polar surface area (TPSA) is 82.0 Å². The predicted molar refractivity (Wildman–Crippen MR) is 105 cm³/mol. The Morgan fingerprint density at radius 1 is 1.32 bits per heavy atom. The average molecular weight is 403 g/mol. The first-order valence-corrected chi connectivity index (χ1v) is 9.22. The van der Waals surface area contributed by atoms with Gasteiger partial charge in [-0.2, -0.15) is 0 Å². The van der Waals surface area contributed by atoms with Gasteiger partial charge in [-0.1, -0.05) is 12.1 Å². The molecule has 0 unspecified atom stereocenters. The van der Waals surface area contributed by atoms with Crippen molar-refractivity contribution < 1.29 is 23.5 Å². The fourth-order valence-corrected chi connectivity index (χ4v) is 3.44. The number of hydrogen-bond donors (Lipinski definition) is 1. The van der Waals surface area contributed by atoms with Crippen LogP contribution >= 0.6 is 11.3 Å². The van der Waals surface area contributed by atoms with Crippen LogP contribution in [0.5, 0.6) is 5.75 Å². The maximum Gasteiger partial charge on any atom is 0.350 e. The number of hydroxylamine groups is 1. The van der Waals surface area contributed by atoms with E-state index in [9.17, 15) is 9.18 Å². The minimum absolute atomic E-state index is 0.215. The second kappa shape index (κ2) is 9.25. The largest absolute Gasteiger partial charge is 0.496 e. The minimum Gasteiger partial charge on any atom is -0.496 e. The van der Waals surface area contributed by atoms with Crippen LogP contribution in [0.1, 0.15) is 22.2 Å². The van der Waals surface area contributed by atoms with Gasteiger partial charge in [-0.15, -0.1) is 11.3 Å². The predicted octanol–water partition coefficient (Wildman–Crippen LogP) is 4.00. The van der Waals surface area contributed by atoms with Gasteiger partial charge in [-0.05, 0) is 30.7 Å². The molecule has 7 nitrogen and oxygen atoms in total. The summed E-state index contributed by atoms with van der Waals surface area (Å²) in [5, 5.41) is 0.620. The summed E-state index contributed by atoms with van der Waals surface area (Å²) in [5.41, 5.74) is 3.78. The van der Waals surface area contributed by atoms with Gasteiger partial charge >= 0.3 is 5.97 Å². The normalized spacial score (nSPS) is 11.1. The van der Waals surface area contributed by atoms with E-state index in [1.807, 2.05) is 0 Å². The van der Waals surface area contributed by atoms with Gasteiger partial charge in [-0.3, -0.25) is 10.3 Å². The van der Waals surface area contributed by atoms with Crippen molar-refractivity contribution in [3.8, 4) is 5.75 Å². The van der Waals surface area contributed by atoms with Crippen molar-refractivity contribution in [1.29, 1.82) is 0 Å². The molecule has 0 atom stereocenters. The van der Waals surface area contributed by atoms with Gasteiger partial charge < -0.3 is 9.47 Å². The molecule has 0 saturated carbocycles. The van der Waals surface area contributed by atoms with Gasteiger partial charge in [0, 0.05) is 6.20 Å². The van der Waals surface area contributed by atoms with E-state index < -0.39 is 5.97 Å². The first-order valence-electron chi connectivity index (χ1n) is 8.41. The maximum absolute atomic E-state index is 12.9. The molecule has 1 N–H and O–H groups in total. The number of ether oxygens (including phenoxy) is 2. The molecule has 0 aliphatic heterocycles.